The van der Waals surface area contributed by atoms with Crippen LogP contribution in [0, 0.1) is 0 Å². The van der Waals surface area contributed by atoms with Crippen LogP contribution in [0.15, 0.2) is 54.6 Å². The van der Waals surface area contributed by atoms with Crippen molar-refractivity contribution in [3.8, 4) is 0 Å². The lowest BCUT2D eigenvalue weighted by Crippen LogP contribution is -2.39. The molecule has 0 bridgehead atoms. The van der Waals surface area contributed by atoms with Crippen LogP contribution in [0.4, 0.5) is 5.69 Å². The van der Waals surface area contributed by atoms with E-state index < -0.39 is 0 Å². The van der Waals surface area contributed by atoms with Gasteiger partial charge in [0.15, 0.2) is 0 Å². The van der Waals surface area contributed by atoms with Crippen LogP contribution in [-0.4, -0.2) is 59.5 Å². The summed E-state index contributed by atoms with van der Waals surface area (Å²) < 4.78 is 0. The number of hydrogen-bond donors (Lipinski definition) is 2. The number of hydrogen-bond acceptors (Lipinski definition) is 4. The number of benzene rings is 2. The van der Waals surface area contributed by atoms with Crippen molar-refractivity contribution >= 4 is 17.5 Å². The third-order valence-corrected chi connectivity index (χ3v) is 5.33. The van der Waals surface area contributed by atoms with Crippen molar-refractivity contribution in [1.82, 2.24) is 9.80 Å². The molecule has 6 nitrogen and oxygen atoms in total. The van der Waals surface area contributed by atoms with Crippen molar-refractivity contribution in [2.45, 2.75) is 31.9 Å². The van der Waals surface area contributed by atoms with Gasteiger partial charge in [-0.15, -0.1) is 0 Å². The molecule has 2 aromatic rings. The van der Waals surface area contributed by atoms with Gasteiger partial charge in [0, 0.05) is 39.3 Å². The normalized spacial score (nSPS) is 17.7. The highest BCUT2D eigenvalue weighted by Gasteiger charge is 2.28. The molecule has 2 amide bonds. The molecule has 0 aliphatic carbocycles. The van der Waals surface area contributed by atoms with Gasteiger partial charge in [0.05, 0.1) is 18.6 Å². The average molecular weight is 396 g/mol. The van der Waals surface area contributed by atoms with Gasteiger partial charge in [-0.05, 0) is 29.7 Å². The Balaban J connectivity index is 1.73. The number of nitrogens with zero attached hydrogens (tertiary/aromatic N) is 2. The second kappa shape index (κ2) is 9.67. The van der Waals surface area contributed by atoms with Crippen molar-refractivity contribution in [2.75, 3.05) is 32.0 Å². The average Bonchev–Trinajstić information content (AvgIpc) is 3.11. The summed E-state index contributed by atoms with van der Waals surface area (Å²) in [5, 5.41) is 12.6. The third kappa shape index (κ3) is 5.89. The molecule has 6 heteroatoms. The van der Waals surface area contributed by atoms with Crippen LogP contribution in [0.25, 0.3) is 0 Å². The molecular formula is C23H29N3O3. The first kappa shape index (κ1) is 21.0. The predicted molar refractivity (Wildman–Crippen MR) is 113 cm³/mol. The molecule has 1 heterocycles. The lowest BCUT2D eigenvalue weighted by Gasteiger charge is -2.32. The molecule has 2 aromatic carbocycles. The van der Waals surface area contributed by atoms with E-state index in [1.165, 1.54) is 6.92 Å². The van der Waals surface area contributed by atoms with Crippen LogP contribution in [-0.2, 0) is 16.0 Å². The van der Waals surface area contributed by atoms with E-state index >= 15 is 0 Å². The van der Waals surface area contributed by atoms with Gasteiger partial charge >= 0.3 is 0 Å². The van der Waals surface area contributed by atoms with Crippen molar-refractivity contribution in [1.29, 1.82) is 0 Å². The number of carbonyl (C=O) groups is 2. The second-order valence-electron chi connectivity index (χ2n) is 7.69. The summed E-state index contributed by atoms with van der Waals surface area (Å²) in [6.45, 7) is 3.63. The van der Waals surface area contributed by atoms with Gasteiger partial charge in [0.2, 0.25) is 11.8 Å². The summed E-state index contributed by atoms with van der Waals surface area (Å²) in [5.41, 5.74) is 2.63. The topological polar surface area (TPSA) is 72.9 Å². The van der Waals surface area contributed by atoms with E-state index in [4.69, 9.17) is 0 Å². The van der Waals surface area contributed by atoms with Crippen LogP contribution >= 0.6 is 0 Å². The maximum atomic E-state index is 13.1. The molecule has 0 radical (unpaired) electrons. The largest absolute Gasteiger partial charge is 0.392 e. The van der Waals surface area contributed by atoms with Gasteiger partial charge in [0.25, 0.3) is 0 Å². The van der Waals surface area contributed by atoms with E-state index in [2.05, 4.69) is 10.2 Å². The highest BCUT2D eigenvalue weighted by atomic mass is 16.3. The quantitative estimate of drug-likeness (QED) is 0.755. The van der Waals surface area contributed by atoms with Gasteiger partial charge < -0.3 is 15.3 Å². The number of aliphatic hydroxyl groups is 1. The van der Waals surface area contributed by atoms with E-state index in [-0.39, 0.29) is 30.4 Å². The second-order valence-corrected chi connectivity index (χ2v) is 7.69. The van der Waals surface area contributed by atoms with Crippen LogP contribution in [0.5, 0.6) is 0 Å². The van der Waals surface area contributed by atoms with Gasteiger partial charge in [0.1, 0.15) is 0 Å². The lowest BCUT2D eigenvalue weighted by atomic mass is 10.0. The summed E-state index contributed by atoms with van der Waals surface area (Å²) in [6, 6.07) is 17.3. The third-order valence-electron chi connectivity index (χ3n) is 5.33. The molecule has 0 spiro atoms. The van der Waals surface area contributed by atoms with Crippen LogP contribution in [0.1, 0.15) is 30.5 Å². The lowest BCUT2D eigenvalue weighted by molar-refractivity contribution is -0.131. The van der Waals surface area contributed by atoms with E-state index in [9.17, 15) is 14.7 Å². The Bertz CT molecular complexity index is 840. The highest BCUT2D eigenvalue weighted by molar-refractivity contribution is 5.89. The fourth-order valence-electron chi connectivity index (χ4n) is 3.78. The number of amides is 2. The molecule has 0 saturated carbocycles. The predicted octanol–water partition coefficient (Wildman–Crippen LogP) is 2.45. The molecule has 1 saturated heterocycles. The Morgan fingerprint density at radius 3 is 2.62 bits per heavy atom. The number of rotatable bonds is 7. The van der Waals surface area contributed by atoms with Gasteiger partial charge in [-0.1, -0.05) is 42.5 Å². The zero-order valence-electron chi connectivity index (χ0n) is 17.0. The van der Waals surface area contributed by atoms with Crippen molar-refractivity contribution < 1.29 is 14.7 Å². The maximum Gasteiger partial charge on any atom is 0.227 e. The number of aliphatic hydroxyl groups excluding tert-OH is 1. The van der Waals surface area contributed by atoms with Crippen molar-refractivity contribution in [3.63, 3.8) is 0 Å². The molecule has 1 unspecified atom stereocenters. The van der Waals surface area contributed by atoms with Crippen molar-refractivity contribution in [2.24, 2.45) is 0 Å². The zero-order valence-corrected chi connectivity index (χ0v) is 17.0. The first-order chi connectivity index (χ1) is 13.9. The van der Waals surface area contributed by atoms with Crippen molar-refractivity contribution in [3.05, 3.63) is 65.7 Å². The molecule has 154 valence electrons. The van der Waals surface area contributed by atoms with E-state index in [1.54, 1.807) is 4.90 Å². The number of likely N-dealkylation sites (tertiary alicyclic amines) is 1. The molecule has 2 N–H and O–H groups in total. The Kier molecular flexibility index (Phi) is 7.01. The fraction of sp³-hybridized carbons (Fsp3) is 0.391. The molecule has 3 rings (SSSR count). The minimum Gasteiger partial charge on any atom is -0.392 e. The first-order valence-corrected chi connectivity index (χ1v) is 10.00. The van der Waals surface area contributed by atoms with E-state index in [0.29, 0.717) is 18.8 Å². The number of anilines is 1. The Morgan fingerprint density at radius 1 is 1.21 bits per heavy atom. The van der Waals surface area contributed by atoms with Gasteiger partial charge in [-0.2, -0.15) is 0 Å². The Morgan fingerprint density at radius 2 is 1.97 bits per heavy atom. The Hall–Kier alpha value is -2.70. The van der Waals surface area contributed by atoms with Crippen LogP contribution in [0.2, 0.25) is 0 Å². The van der Waals surface area contributed by atoms with E-state index in [1.807, 2.05) is 61.6 Å². The number of β-amino-alcohol motifs (C(OH)–C–C–N with tert-alkyl or cyclic N) is 1. The summed E-state index contributed by atoms with van der Waals surface area (Å²) in [4.78, 5) is 28.4. The number of likely N-dealkylation sites (N-methyl/N-ethyl adjacent to an activating group) is 1. The first-order valence-electron chi connectivity index (χ1n) is 10.00. The molecular weight excluding hydrogens is 366 g/mol. The smallest absolute Gasteiger partial charge is 0.227 e. The SMILES string of the molecule is CC(=O)Nc1cccc(CC(=O)N(C)C(CN2CC[C@@H](O)C2)c2ccccc2)c1. The van der Waals surface area contributed by atoms with Gasteiger partial charge in [-0.3, -0.25) is 14.5 Å². The standard InChI is InChI=1S/C23H29N3O3/c1-17(27)24-20-10-6-7-18(13-20)14-23(29)25(2)22(19-8-4-3-5-9-19)16-26-12-11-21(28)15-26/h3-10,13,21-22,28H,11-12,14-16H2,1-2H3,(H,24,27)/t21-,22?/m1/s1. The molecule has 2 atom stereocenters. The summed E-state index contributed by atoms with van der Waals surface area (Å²) >= 11 is 0. The minimum absolute atomic E-state index is 0.0126. The Labute approximate surface area is 172 Å². The summed E-state index contributed by atoms with van der Waals surface area (Å²) in [7, 11) is 1.84. The molecule has 1 aliphatic heterocycles. The van der Waals surface area contributed by atoms with Gasteiger partial charge in [-0.25, -0.2) is 0 Å². The van der Waals surface area contributed by atoms with Crippen LogP contribution in [0.3, 0.4) is 0 Å². The number of carbonyl (C=O) groups excluding carboxylic acids is 2. The zero-order chi connectivity index (χ0) is 20.8. The summed E-state index contributed by atoms with van der Waals surface area (Å²) in [6.07, 6.45) is 0.745. The maximum absolute atomic E-state index is 13.1. The molecule has 1 fully saturated rings. The summed E-state index contributed by atoms with van der Waals surface area (Å²) in [5.74, 6) is -0.124. The molecule has 0 aromatic heterocycles. The fourth-order valence-corrected chi connectivity index (χ4v) is 3.78. The monoisotopic (exact) mass is 395 g/mol. The molecule has 1 aliphatic rings. The number of nitrogens with one attached hydrogen (secondary N) is 1. The highest BCUT2D eigenvalue weighted by Crippen LogP contribution is 2.24. The minimum atomic E-state index is -0.288. The molecule has 29 heavy (non-hydrogen) atoms. The van der Waals surface area contributed by atoms with Crippen LogP contribution < -0.4 is 5.32 Å². The van der Waals surface area contributed by atoms with E-state index in [0.717, 1.165) is 24.1 Å².